The highest BCUT2D eigenvalue weighted by atomic mass is 28.3. The van der Waals surface area contributed by atoms with Gasteiger partial charge in [0.05, 0.1) is 0 Å². The molecule has 0 aliphatic rings. The Balaban J connectivity index is 3.83. The molecule has 0 aliphatic heterocycles. The van der Waals surface area contributed by atoms with Gasteiger partial charge in [-0.05, 0) is 0 Å². The van der Waals surface area contributed by atoms with E-state index in [-0.39, 0.29) is 0 Å². The van der Waals surface area contributed by atoms with Gasteiger partial charge in [0.25, 0.3) is 0 Å². The van der Waals surface area contributed by atoms with Gasteiger partial charge in [0, 0.05) is 26.4 Å². The lowest BCUT2D eigenvalue weighted by atomic mass is 10.5. The molecule has 3 heteroatoms. The van der Waals surface area contributed by atoms with Crippen molar-refractivity contribution in [1.29, 1.82) is 0 Å². The molecule has 0 radical (unpaired) electrons. The smallest absolute Gasteiger partial charge is 0.0442 e. The molecule has 74 valence electrons. The molecule has 12 heavy (non-hydrogen) atoms. The summed E-state index contributed by atoms with van der Waals surface area (Å²) in [4.78, 5) is 0. The standard InChI is InChI=1S/C9H26Si3/c1-11(2,3)7-9(10)8-12(4,5)6/h9H,7-8H2,1-6,10H3. The van der Waals surface area contributed by atoms with Gasteiger partial charge in [-0.2, -0.15) is 0 Å². The number of hydrogen-bond acceptors (Lipinski definition) is 0. The lowest BCUT2D eigenvalue weighted by Gasteiger charge is -2.26. The average molecular weight is 219 g/mol. The molecule has 0 unspecified atom stereocenters. The van der Waals surface area contributed by atoms with Gasteiger partial charge in [-0.25, -0.2) is 0 Å². The van der Waals surface area contributed by atoms with E-state index in [1.165, 1.54) is 10.2 Å². The third-order valence-electron chi connectivity index (χ3n) is 1.92. The molecule has 0 saturated heterocycles. The van der Waals surface area contributed by atoms with Gasteiger partial charge in [0.15, 0.2) is 0 Å². The van der Waals surface area contributed by atoms with E-state index in [4.69, 9.17) is 0 Å². The van der Waals surface area contributed by atoms with Crippen molar-refractivity contribution in [2.45, 2.75) is 56.9 Å². The molecule has 0 aromatic heterocycles. The first-order valence-electron chi connectivity index (χ1n) is 5.10. The zero-order chi connectivity index (χ0) is 9.99. The van der Waals surface area contributed by atoms with Crippen molar-refractivity contribution >= 4 is 26.4 Å². The van der Waals surface area contributed by atoms with Crippen LogP contribution in [0.3, 0.4) is 0 Å². The fraction of sp³-hybridized carbons (Fsp3) is 1.00. The minimum absolute atomic E-state index is 0.763. The van der Waals surface area contributed by atoms with Crippen LogP contribution in [0.2, 0.25) is 56.9 Å². The molecule has 0 bridgehead atoms. The predicted molar refractivity (Wildman–Crippen MR) is 70.0 cm³/mol. The van der Waals surface area contributed by atoms with Crippen LogP contribution >= 0.6 is 0 Å². The van der Waals surface area contributed by atoms with Crippen LogP contribution in [0, 0.1) is 0 Å². The van der Waals surface area contributed by atoms with E-state index in [1.807, 2.05) is 0 Å². The SMILES string of the molecule is C[Si](C)(C)CC([SiH3])C[Si](C)(C)C. The van der Waals surface area contributed by atoms with E-state index in [9.17, 15) is 0 Å². The van der Waals surface area contributed by atoms with Crippen LogP contribution in [0.1, 0.15) is 0 Å². The molecule has 0 heterocycles. The van der Waals surface area contributed by atoms with Crippen LogP contribution in [0.15, 0.2) is 0 Å². The van der Waals surface area contributed by atoms with Gasteiger partial charge in [-0.15, -0.1) is 0 Å². The summed E-state index contributed by atoms with van der Waals surface area (Å²) in [6.07, 6.45) is 0. The average Bonchev–Trinajstić information content (AvgIpc) is 1.49. The maximum atomic E-state index is 2.50. The first kappa shape index (κ1) is 12.7. The number of rotatable bonds is 4. The van der Waals surface area contributed by atoms with Crippen molar-refractivity contribution < 1.29 is 0 Å². The first-order chi connectivity index (χ1) is 5.10. The van der Waals surface area contributed by atoms with E-state index < -0.39 is 16.1 Å². The lowest BCUT2D eigenvalue weighted by Crippen LogP contribution is -2.27. The second-order valence-electron chi connectivity index (χ2n) is 6.63. The minimum atomic E-state index is -0.763. The highest BCUT2D eigenvalue weighted by Gasteiger charge is 2.22. The summed E-state index contributed by atoms with van der Waals surface area (Å²) in [7, 11) is -0.106. The summed E-state index contributed by atoms with van der Waals surface area (Å²) in [5, 5.41) is 0. The Morgan fingerprint density at radius 2 is 1.08 bits per heavy atom. The Labute approximate surface area is 83.6 Å². The summed E-state index contributed by atoms with van der Waals surface area (Å²) in [6.45, 7) is 15.0. The molecule has 0 N–H and O–H groups in total. The van der Waals surface area contributed by atoms with Crippen molar-refractivity contribution in [2.75, 3.05) is 0 Å². The van der Waals surface area contributed by atoms with Gasteiger partial charge >= 0.3 is 0 Å². The molecule has 0 rings (SSSR count). The Hall–Kier alpha value is 0.651. The van der Waals surface area contributed by atoms with E-state index in [2.05, 4.69) is 39.3 Å². The van der Waals surface area contributed by atoms with Crippen LogP contribution in [0.4, 0.5) is 0 Å². The van der Waals surface area contributed by atoms with E-state index in [1.54, 1.807) is 12.1 Å². The molecule has 0 saturated carbocycles. The van der Waals surface area contributed by atoms with E-state index in [0.717, 1.165) is 5.54 Å². The Bertz CT molecular complexity index is 114. The highest BCUT2D eigenvalue weighted by Crippen LogP contribution is 2.27. The largest absolute Gasteiger partial charge is 0.0695 e. The van der Waals surface area contributed by atoms with Crippen LogP contribution < -0.4 is 0 Å². The molecule has 0 amide bonds. The molecular formula is C9H26Si3. The zero-order valence-electron chi connectivity index (χ0n) is 9.99. The lowest BCUT2D eigenvalue weighted by molar-refractivity contribution is 1.01. The molecule has 0 spiro atoms. The van der Waals surface area contributed by atoms with Crippen molar-refractivity contribution in [1.82, 2.24) is 0 Å². The Morgan fingerprint density at radius 1 is 0.833 bits per heavy atom. The second-order valence-corrected chi connectivity index (χ2v) is 19.3. The summed E-state index contributed by atoms with van der Waals surface area (Å²) in [5.74, 6) is 0. The topological polar surface area (TPSA) is 0 Å². The van der Waals surface area contributed by atoms with Crippen molar-refractivity contribution in [2.24, 2.45) is 0 Å². The van der Waals surface area contributed by atoms with Gasteiger partial charge < -0.3 is 0 Å². The molecule has 0 aliphatic carbocycles. The van der Waals surface area contributed by atoms with Crippen LogP contribution in [-0.2, 0) is 0 Å². The monoisotopic (exact) mass is 218 g/mol. The predicted octanol–water partition coefficient (Wildman–Crippen LogP) is 2.82. The molecule has 0 fully saturated rings. The van der Waals surface area contributed by atoms with Gasteiger partial charge in [0.2, 0.25) is 0 Å². The summed E-state index contributed by atoms with van der Waals surface area (Å²) in [5.41, 5.74) is 1.11. The van der Waals surface area contributed by atoms with Crippen molar-refractivity contribution in [3.8, 4) is 0 Å². The van der Waals surface area contributed by atoms with E-state index >= 15 is 0 Å². The van der Waals surface area contributed by atoms with Gasteiger partial charge in [0.1, 0.15) is 0 Å². The summed E-state index contributed by atoms with van der Waals surface area (Å²) in [6, 6.07) is 3.15. The van der Waals surface area contributed by atoms with Crippen molar-refractivity contribution in [3.05, 3.63) is 0 Å². The Kier molecular flexibility index (Phi) is 4.47. The van der Waals surface area contributed by atoms with Crippen molar-refractivity contribution in [3.63, 3.8) is 0 Å². The fourth-order valence-corrected chi connectivity index (χ4v) is 14.3. The zero-order valence-corrected chi connectivity index (χ0v) is 14.0. The second kappa shape index (κ2) is 4.24. The fourth-order valence-electron chi connectivity index (χ4n) is 2.16. The summed E-state index contributed by atoms with van der Waals surface area (Å²) >= 11 is 0. The molecule has 0 atom stereocenters. The quantitative estimate of drug-likeness (QED) is 0.637. The van der Waals surface area contributed by atoms with Gasteiger partial charge in [-0.3, -0.25) is 0 Å². The molecule has 0 aromatic carbocycles. The normalized spacial score (nSPS) is 14.2. The van der Waals surface area contributed by atoms with Crippen LogP contribution in [0.5, 0.6) is 0 Å². The third-order valence-corrected chi connectivity index (χ3v) is 8.21. The highest BCUT2D eigenvalue weighted by molar-refractivity contribution is 6.78. The van der Waals surface area contributed by atoms with E-state index in [0.29, 0.717) is 0 Å². The Morgan fingerprint density at radius 3 is 1.25 bits per heavy atom. The number of hydrogen-bond donors (Lipinski definition) is 0. The minimum Gasteiger partial charge on any atom is -0.0695 e. The molecule has 0 nitrogen and oxygen atoms in total. The van der Waals surface area contributed by atoms with Crippen LogP contribution in [-0.4, -0.2) is 26.4 Å². The summed E-state index contributed by atoms with van der Waals surface area (Å²) < 4.78 is 0. The maximum Gasteiger partial charge on any atom is 0.0442 e. The third kappa shape index (κ3) is 8.74. The molecular weight excluding hydrogens is 192 g/mol. The van der Waals surface area contributed by atoms with Gasteiger partial charge in [-0.1, -0.05) is 56.9 Å². The molecule has 0 aromatic rings. The maximum absolute atomic E-state index is 2.50. The first-order valence-corrected chi connectivity index (χ1v) is 13.7. The van der Waals surface area contributed by atoms with Crippen LogP contribution in [0.25, 0.3) is 0 Å².